The second-order valence-corrected chi connectivity index (χ2v) is 8.01. The fraction of sp³-hybridized carbons (Fsp3) is 0. The second kappa shape index (κ2) is 7.70. The van der Waals surface area contributed by atoms with Gasteiger partial charge in [-0.05, 0) is 39.7 Å². The van der Waals surface area contributed by atoms with Crippen LogP contribution in [0.5, 0.6) is 0 Å². The van der Waals surface area contributed by atoms with Gasteiger partial charge in [-0.15, -0.1) is 29.8 Å². The van der Waals surface area contributed by atoms with E-state index in [9.17, 15) is 0 Å². The minimum atomic E-state index is 0. The van der Waals surface area contributed by atoms with E-state index in [1.54, 1.807) is 0 Å². The maximum atomic E-state index is 5.03. The molecule has 0 fully saturated rings. The molecule has 6 aromatic rings. The van der Waals surface area contributed by atoms with Crippen LogP contribution >= 0.6 is 0 Å². The number of pyridine rings is 1. The van der Waals surface area contributed by atoms with Gasteiger partial charge in [0.1, 0.15) is 5.82 Å². The number of aromatic nitrogens is 3. The number of benzene rings is 4. The maximum Gasteiger partial charge on any atom is 0.142 e. The summed E-state index contributed by atoms with van der Waals surface area (Å²) in [7, 11) is 0. The Bertz CT molecular complexity index is 1690. The molecule has 7 rings (SSSR count). The van der Waals surface area contributed by atoms with E-state index in [-0.39, 0.29) is 20.1 Å². The Morgan fingerprint density at radius 2 is 1.48 bits per heavy atom. The van der Waals surface area contributed by atoms with Gasteiger partial charge in [0, 0.05) is 37.3 Å². The van der Waals surface area contributed by atoms with Gasteiger partial charge < -0.3 is 4.98 Å². The first-order valence-electron chi connectivity index (χ1n) is 10.6. The molecule has 0 bridgehead atoms. The number of rotatable bonds is 2. The third-order valence-electron chi connectivity index (χ3n) is 6.18. The summed E-state index contributed by atoms with van der Waals surface area (Å²) in [5.74, 6) is 0.719. The van der Waals surface area contributed by atoms with Crippen molar-refractivity contribution in [3.05, 3.63) is 103 Å². The van der Waals surface area contributed by atoms with Crippen molar-refractivity contribution in [2.75, 3.05) is 0 Å². The van der Waals surface area contributed by atoms with Crippen molar-refractivity contribution in [1.82, 2.24) is 15.0 Å². The Labute approximate surface area is 204 Å². The average molecular weight is 599 g/mol. The van der Waals surface area contributed by atoms with Crippen LogP contribution in [-0.2, 0) is 20.1 Å². The molecular formula is C29H16IrN3-. The molecule has 2 aromatic heterocycles. The third-order valence-corrected chi connectivity index (χ3v) is 6.18. The van der Waals surface area contributed by atoms with Crippen molar-refractivity contribution >= 4 is 21.7 Å². The monoisotopic (exact) mass is 599 g/mol. The second-order valence-electron chi connectivity index (χ2n) is 8.01. The molecule has 33 heavy (non-hydrogen) atoms. The van der Waals surface area contributed by atoms with Crippen molar-refractivity contribution in [3.8, 4) is 45.0 Å². The topological polar surface area (TPSA) is 38.7 Å². The molecule has 2 heterocycles. The number of nitrogens with zero attached hydrogens (tertiary/aromatic N) is 3. The molecule has 0 N–H and O–H groups in total. The molecular weight excluding hydrogens is 583 g/mol. The Morgan fingerprint density at radius 1 is 0.667 bits per heavy atom. The summed E-state index contributed by atoms with van der Waals surface area (Å²) in [6.45, 7) is 0. The molecule has 1 aliphatic carbocycles. The zero-order chi connectivity index (χ0) is 21.1. The van der Waals surface area contributed by atoms with Crippen LogP contribution in [0.15, 0.2) is 97.2 Å². The zero-order valence-electron chi connectivity index (χ0n) is 17.4. The van der Waals surface area contributed by atoms with Gasteiger partial charge in [-0.1, -0.05) is 66.2 Å². The summed E-state index contributed by atoms with van der Waals surface area (Å²) in [5.41, 5.74) is 8.40. The molecule has 4 aromatic carbocycles. The van der Waals surface area contributed by atoms with Crippen LogP contribution in [0.1, 0.15) is 0 Å². The van der Waals surface area contributed by atoms with E-state index in [0.29, 0.717) is 0 Å². The van der Waals surface area contributed by atoms with E-state index in [2.05, 4.69) is 71.7 Å². The Balaban J connectivity index is 0.00000206. The quantitative estimate of drug-likeness (QED) is 0.202. The summed E-state index contributed by atoms with van der Waals surface area (Å²) in [5, 5.41) is 3.41. The molecule has 0 spiro atoms. The number of hydrogen-bond acceptors (Lipinski definition) is 3. The molecule has 4 heteroatoms. The SMILES string of the molecule is [Ir].[c-]1ccc(-c2nc3c4c(cccc4n2)-c2ccccc2-3)cc1-c1nccc2ccccc12. The van der Waals surface area contributed by atoms with Crippen molar-refractivity contribution < 1.29 is 20.1 Å². The van der Waals surface area contributed by atoms with E-state index >= 15 is 0 Å². The smallest absolute Gasteiger partial charge is 0.142 e. The van der Waals surface area contributed by atoms with E-state index in [1.807, 2.05) is 36.5 Å². The summed E-state index contributed by atoms with van der Waals surface area (Å²) in [4.78, 5) is 14.6. The Morgan fingerprint density at radius 3 is 2.42 bits per heavy atom. The van der Waals surface area contributed by atoms with Crippen LogP contribution in [0.3, 0.4) is 0 Å². The number of fused-ring (bicyclic) bond motifs is 4. The molecule has 0 amide bonds. The van der Waals surface area contributed by atoms with Crippen LogP contribution in [0.2, 0.25) is 0 Å². The van der Waals surface area contributed by atoms with Crippen molar-refractivity contribution in [2.24, 2.45) is 0 Å². The Hall–Kier alpha value is -3.72. The van der Waals surface area contributed by atoms with Crippen LogP contribution < -0.4 is 0 Å². The van der Waals surface area contributed by atoms with Gasteiger partial charge in [0.05, 0.1) is 11.2 Å². The summed E-state index contributed by atoms with van der Waals surface area (Å²) < 4.78 is 0. The van der Waals surface area contributed by atoms with Crippen molar-refractivity contribution in [1.29, 1.82) is 0 Å². The first-order chi connectivity index (χ1) is 15.9. The summed E-state index contributed by atoms with van der Waals surface area (Å²) in [6.07, 6.45) is 1.85. The molecule has 3 nitrogen and oxygen atoms in total. The van der Waals surface area contributed by atoms with Gasteiger partial charge in [0.2, 0.25) is 0 Å². The van der Waals surface area contributed by atoms with Crippen molar-refractivity contribution in [2.45, 2.75) is 0 Å². The molecule has 0 aliphatic heterocycles. The van der Waals surface area contributed by atoms with Crippen LogP contribution in [0.4, 0.5) is 0 Å². The third kappa shape index (κ3) is 3.03. The van der Waals surface area contributed by atoms with Gasteiger partial charge in [-0.2, -0.15) is 0 Å². The van der Waals surface area contributed by atoms with E-state index < -0.39 is 0 Å². The van der Waals surface area contributed by atoms with Gasteiger partial charge >= 0.3 is 0 Å². The fourth-order valence-electron chi connectivity index (χ4n) is 4.73. The predicted molar refractivity (Wildman–Crippen MR) is 129 cm³/mol. The van der Waals surface area contributed by atoms with Crippen molar-refractivity contribution in [3.63, 3.8) is 0 Å². The molecule has 0 unspecified atom stereocenters. The van der Waals surface area contributed by atoms with Gasteiger partial charge in [-0.25, -0.2) is 9.97 Å². The van der Waals surface area contributed by atoms with E-state index in [1.165, 1.54) is 16.7 Å². The summed E-state index contributed by atoms with van der Waals surface area (Å²) >= 11 is 0. The molecule has 157 valence electrons. The van der Waals surface area contributed by atoms with E-state index in [0.717, 1.165) is 50.0 Å². The molecule has 0 atom stereocenters. The van der Waals surface area contributed by atoms with E-state index in [4.69, 9.17) is 9.97 Å². The normalized spacial score (nSPS) is 11.4. The molecule has 0 saturated carbocycles. The largest absolute Gasteiger partial charge is 0.304 e. The molecule has 0 saturated heterocycles. The number of hydrogen-bond donors (Lipinski definition) is 0. The molecule has 1 radical (unpaired) electrons. The maximum absolute atomic E-state index is 5.03. The van der Waals surface area contributed by atoms with Crippen LogP contribution in [0, 0.1) is 6.07 Å². The van der Waals surface area contributed by atoms with Gasteiger partial charge in [0.15, 0.2) is 0 Å². The van der Waals surface area contributed by atoms with Gasteiger partial charge in [-0.3, -0.25) is 0 Å². The minimum Gasteiger partial charge on any atom is -0.304 e. The first kappa shape index (κ1) is 19.9. The van der Waals surface area contributed by atoms with Crippen LogP contribution in [-0.4, -0.2) is 15.0 Å². The standard InChI is InChI=1S/C29H16N3.Ir/c1-2-10-21-18(7-1)15-16-30-27(21)19-8-5-9-20(17-19)29-31-25-14-6-13-23-22-11-3-4-12-24(22)28(32-29)26(23)25;/h1-7,9-17H;/q-1;. The fourth-order valence-corrected chi connectivity index (χ4v) is 4.73. The summed E-state index contributed by atoms with van der Waals surface area (Å²) in [6, 6.07) is 34.5. The predicted octanol–water partition coefficient (Wildman–Crippen LogP) is 6.96. The first-order valence-corrected chi connectivity index (χ1v) is 10.6. The average Bonchev–Trinajstić information content (AvgIpc) is 3.19. The molecule has 1 aliphatic rings. The minimum absolute atomic E-state index is 0. The zero-order valence-corrected chi connectivity index (χ0v) is 19.8. The van der Waals surface area contributed by atoms with Crippen LogP contribution in [0.25, 0.3) is 66.7 Å². The Kier molecular flexibility index (Phi) is 4.65. The van der Waals surface area contributed by atoms with Gasteiger partial charge in [0.25, 0.3) is 0 Å².